The van der Waals surface area contributed by atoms with Gasteiger partial charge in [-0.2, -0.15) is 14.9 Å². The van der Waals surface area contributed by atoms with Crippen LogP contribution >= 0.6 is 12.2 Å². The number of aromatic amines is 1. The molecular weight excluding hydrogens is 270 g/mol. The van der Waals surface area contributed by atoms with Gasteiger partial charge in [0.15, 0.2) is 5.82 Å². The van der Waals surface area contributed by atoms with Crippen molar-refractivity contribution < 1.29 is 0 Å². The van der Waals surface area contributed by atoms with Gasteiger partial charge in [0.25, 0.3) is 0 Å². The zero-order valence-electron chi connectivity index (χ0n) is 11.2. The monoisotopic (exact) mass is 287 g/mol. The van der Waals surface area contributed by atoms with Crippen LogP contribution < -0.4 is 0 Å². The molecule has 0 radical (unpaired) electrons. The molecule has 0 aliphatic heterocycles. The molecule has 1 aliphatic rings. The molecule has 0 unspecified atom stereocenters. The molecule has 6 heteroatoms. The van der Waals surface area contributed by atoms with Crippen molar-refractivity contribution in [2.24, 2.45) is 5.10 Å². The molecule has 2 aromatic rings. The van der Waals surface area contributed by atoms with E-state index in [1.807, 2.05) is 18.2 Å². The Hall–Kier alpha value is -1.82. The highest BCUT2D eigenvalue weighted by Gasteiger charge is 2.21. The minimum Gasteiger partial charge on any atom is -0.255 e. The zero-order valence-corrected chi connectivity index (χ0v) is 12.0. The van der Waals surface area contributed by atoms with Crippen LogP contribution in [0.25, 0.3) is 0 Å². The van der Waals surface area contributed by atoms with Crippen LogP contribution in [0.5, 0.6) is 0 Å². The van der Waals surface area contributed by atoms with Gasteiger partial charge < -0.3 is 0 Å². The first-order valence-electron chi connectivity index (χ1n) is 6.97. The van der Waals surface area contributed by atoms with Crippen molar-refractivity contribution in [3.8, 4) is 0 Å². The van der Waals surface area contributed by atoms with E-state index in [-0.39, 0.29) is 0 Å². The molecule has 1 N–H and O–H groups in total. The van der Waals surface area contributed by atoms with Crippen molar-refractivity contribution in [3.05, 3.63) is 40.7 Å². The molecule has 2 heterocycles. The molecule has 104 valence electrons. The van der Waals surface area contributed by atoms with Gasteiger partial charge in [-0.15, -0.1) is 0 Å². The third-order valence-electron chi connectivity index (χ3n) is 3.64. The van der Waals surface area contributed by atoms with E-state index in [4.69, 9.17) is 12.2 Å². The van der Waals surface area contributed by atoms with E-state index < -0.39 is 0 Å². The molecule has 1 saturated carbocycles. The van der Waals surface area contributed by atoms with Crippen LogP contribution in [0.15, 0.2) is 29.5 Å². The van der Waals surface area contributed by atoms with Crippen LogP contribution in [-0.4, -0.2) is 26.1 Å². The smallest absolute Gasteiger partial charge is 0.216 e. The summed E-state index contributed by atoms with van der Waals surface area (Å²) >= 11 is 5.27. The Morgan fingerprint density at radius 2 is 2.15 bits per heavy atom. The fourth-order valence-electron chi connectivity index (χ4n) is 2.61. The van der Waals surface area contributed by atoms with E-state index >= 15 is 0 Å². The second-order valence-corrected chi connectivity index (χ2v) is 5.42. The predicted octanol–water partition coefficient (Wildman–Crippen LogP) is 3.27. The number of H-pyrrole nitrogens is 1. The highest BCUT2D eigenvalue weighted by atomic mass is 32.1. The summed E-state index contributed by atoms with van der Waals surface area (Å²) < 4.78 is 2.28. The number of rotatable bonds is 3. The Kier molecular flexibility index (Phi) is 4.01. The molecule has 0 amide bonds. The van der Waals surface area contributed by atoms with Gasteiger partial charge in [0.05, 0.1) is 11.9 Å². The van der Waals surface area contributed by atoms with Crippen LogP contribution in [0.4, 0.5) is 0 Å². The second kappa shape index (κ2) is 6.09. The maximum absolute atomic E-state index is 5.27. The molecule has 1 fully saturated rings. The van der Waals surface area contributed by atoms with E-state index in [9.17, 15) is 0 Å². The summed E-state index contributed by atoms with van der Waals surface area (Å²) in [6, 6.07) is 5.73. The first-order chi connectivity index (χ1) is 9.84. The van der Waals surface area contributed by atoms with Crippen molar-refractivity contribution >= 4 is 18.4 Å². The molecule has 20 heavy (non-hydrogen) atoms. The molecule has 0 spiro atoms. The normalized spacial score (nSPS) is 16.8. The molecule has 0 bridgehead atoms. The predicted molar refractivity (Wildman–Crippen MR) is 80.5 cm³/mol. The van der Waals surface area contributed by atoms with E-state index in [2.05, 4.69) is 20.3 Å². The zero-order chi connectivity index (χ0) is 13.8. The van der Waals surface area contributed by atoms with Crippen molar-refractivity contribution in [1.29, 1.82) is 0 Å². The van der Waals surface area contributed by atoms with E-state index in [1.54, 1.807) is 17.1 Å². The van der Waals surface area contributed by atoms with Crippen LogP contribution in [0.2, 0.25) is 0 Å². The summed E-state index contributed by atoms with van der Waals surface area (Å²) in [7, 11) is 0. The van der Waals surface area contributed by atoms with Crippen LogP contribution in [0.1, 0.15) is 49.5 Å². The Labute approximate surface area is 122 Å². The molecule has 0 aromatic carbocycles. The summed E-state index contributed by atoms with van der Waals surface area (Å²) in [5, 5.41) is 11.7. The molecular formula is C14H17N5S. The fraction of sp³-hybridized carbons (Fsp3) is 0.429. The fourth-order valence-corrected chi connectivity index (χ4v) is 2.80. The quantitative estimate of drug-likeness (QED) is 0.696. The van der Waals surface area contributed by atoms with Gasteiger partial charge in [-0.1, -0.05) is 25.3 Å². The summed E-state index contributed by atoms with van der Waals surface area (Å²) in [6.07, 6.45) is 9.63. The molecule has 0 atom stereocenters. The summed E-state index contributed by atoms with van der Waals surface area (Å²) in [5.74, 6) is 1.40. The maximum atomic E-state index is 5.27. The van der Waals surface area contributed by atoms with Gasteiger partial charge in [0, 0.05) is 12.1 Å². The average molecular weight is 287 g/mol. The molecule has 5 nitrogen and oxygen atoms in total. The first kappa shape index (κ1) is 13.2. The van der Waals surface area contributed by atoms with Gasteiger partial charge in [-0.05, 0) is 37.2 Å². The maximum Gasteiger partial charge on any atom is 0.216 e. The SMILES string of the molecule is S=c1[nH]nc(C2CCCCC2)n1/N=C\c1ccccn1. The Balaban J connectivity index is 1.87. The van der Waals surface area contributed by atoms with Crippen LogP contribution in [0, 0.1) is 4.77 Å². The Bertz CT molecular complexity index is 637. The van der Waals surface area contributed by atoms with Gasteiger partial charge in [0.2, 0.25) is 4.77 Å². The number of pyridine rings is 1. The second-order valence-electron chi connectivity index (χ2n) is 5.03. The first-order valence-corrected chi connectivity index (χ1v) is 7.38. The minimum absolute atomic E-state index is 0.456. The standard InChI is InChI=1S/C14H17N5S/c20-14-18-17-13(11-6-2-1-3-7-11)19(14)16-10-12-8-4-5-9-15-12/h4-5,8-11H,1-3,6-7H2,(H,18,20)/b16-10-. The van der Waals surface area contributed by atoms with Crippen molar-refractivity contribution in [2.45, 2.75) is 38.0 Å². The molecule has 3 rings (SSSR count). The van der Waals surface area contributed by atoms with Crippen LogP contribution in [-0.2, 0) is 0 Å². The lowest BCUT2D eigenvalue weighted by atomic mass is 9.89. The summed E-state index contributed by atoms with van der Waals surface area (Å²) in [4.78, 5) is 4.22. The Morgan fingerprint density at radius 1 is 1.30 bits per heavy atom. The number of nitrogens with zero attached hydrogens (tertiary/aromatic N) is 4. The lowest BCUT2D eigenvalue weighted by Crippen LogP contribution is -2.10. The van der Waals surface area contributed by atoms with Crippen LogP contribution in [0.3, 0.4) is 0 Å². The molecule has 1 aliphatic carbocycles. The number of hydrogen-bond acceptors (Lipinski definition) is 4. The third-order valence-corrected chi connectivity index (χ3v) is 3.90. The van der Waals surface area contributed by atoms with Crippen molar-refractivity contribution in [1.82, 2.24) is 19.9 Å². The van der Waals surface area contributed by atoms with Gasteiger partial charge in [-0.25, -0.2) is 0 Å². The lowest BCUT2D eigenvalue weighted by molar-refractivity contribution is 0.419. The summed E-state index contributed by atoms with van der Waals surface area (Å²) in [5.41, 5.74) is 0.810. The number of aromatic nitrogens is 4. The van der Waals surface area contributed by atoms with Crippen molar-refractivity contribution in [3.63, 3.8) is 0 Å². The Morgan fingerprint density at radius 3 is 2.90 bits per heavy atom. The molecule has 0 saturated heterocycles. The third kappa shape index (κ3) is 2.85. The molecule has 2 aromatic heterocycles. The topological polar surface area (TPSA) is 58.9 Å². The summed E-state index contributed by atoms with van der Waals surface area (Å²) in [6.45, 7) is 0. The van der Waals surface area contributed by atoms with Crippen molar-refractivity contribution in [2.75, 3.05) is 0 Å². The largest absolute Gasteiger partial charge is 0.255 e. The minimum atomic E-state index is 0.456. The van der Waals surface area contributed by atoms with Gasteiger partial charge in [-0.3, -0.25) is 10.1 Å². The average Bonchev–Trinajstić information content (AvgIpc) is 2.88. The van der Waals surface area contributed by atoms with E-state index in [0.717, 1.165) is 11.5 Å². The van der Waals surface area contributed by atoms with E-state index in [0.29, 0.717) is 10.7 Å². The highest BCUT2D eigenvalue weighted by molar-refractivity contribution is 7.71. The van der Waals surface area contributed by atoms with E-state index in [1.165, 1.54) is 32.1 Å². The number of nitrogens with one attached hydrogen (secondary N) is 1. The number of hydrogen-bond donors (Lipinski definition) is 1. The lowest BCUT2D eigenvalue weighted by Gasteiger charge is -2.19. The van der Waals surface area contributed by atoms with Gasteiger partial charge in [0.1, 0.15) is 0 Å². The van der Waals surface area contributed by atoms with Gasteiger partial charge >= 0.3 is 0 Å². The highest BCUT2D eigenvalue weighted by Crippen LogP contribution is 2.31.